The number of nitrogens with one attached hydrogen (secondary N) is 2. The standard InChI is InChI=1S/C26H32N4O3/c1-2-19-16-22(21(19)10-13-27-18-24(31)30-23-17-28-14-15-29-23)33-25(32)26(11-6-7-12-26)20-8-4-3-5-9-20/h2-5,8-9,14-15,17,19,21-22,27H,1,6-7,10-13,16,18H2,(H,29,30,31)/t19?,21?,22-/m0/s1. The van der Waals surface area contributed by atoms with E-state index < -0.39 is 5.41 Å². The minimum absolute atomic E-state index is 0.0833. The second kappa shape index (κ2) is 10.7. The van der Waals surface area contributed by atoms with E-state index in [4.69, 9.17) is 4.74 Å². The van der Waals surface area contributed by atoms with Gasteiger partial charge in [0.15, 0.2) is 5.82 Å². The molecule has 0 radical (unpaired) electrons. The molecule has 4 rings (SSSR count). The Bertz CT molecular complexity index is 945. The van der Waals surface area contributed by atoms with Crippen LogP contribution in [0.2, 0.25) is 0 Å². The molecule has 0 aliphatic heterocycles. The molecule has 2 unspecified atom stereocenters. The van der Waals surface area contributed by atoms with Crippen molar-refractivity contribution in [1.82, 2.24) is 15.3 Å². The highest BCUT2D eigenvalue weighted by molar-refractivity contribution is 5.91. The van der Waals surface area contributed by atoms with E-state index in [9.17, 15) is 9.59 Å². The Balaban J connectivity index is 1.28. The second-order valence-electron chi connectivity index (χ2n) is 9.00. The number of esters is 1. The van der Waals surface area contributed by atoms with E-state index in [2.05, 4.69) is 27.2 Å². The van der Waals surface area contributed by atoms with Gasteiger partial charge in [-0.05, 0) is 43.7 Å². The van der Waals surface area contributed by atoms with E-state index >= 15 is 0 Å². The molecule has 1 aromatic carbocycles. The molecule has 2 fully saturated rings. The number of carbonyl (C=O) groups excluding carboxylic acids is 2. The summed E-state index contributed by atoms with van der Waals surface area (Å²) in [5.74, 6) is 0.727. The van der Waals surface area contributed by atoms with Gasteiger partial charge in [0.05, 0.1) is 18.2 Å². The molecule has 33 heavy (non-hydrogen) atoms. The van der Waals surface area contributed by atoms with Crippen LogP contribution in [0.5, 0.6) is 0 Å². The number of benzene rings is 1. The Morgan fingerprint density at radius 2 is 1.97 bits per heavy atom. The minimum Gasteiger partial charge on any atom is -0.461 e. The number of carbonyl (C=O) groups is 2. The third-order valence-electron chi connectivity index (χ3n) is 7.04. The highest BCUT2D eigenvalue weighted by Crippen LogP contribution is 2.45. The van der Waals surface area contributed by atoms with Crippen molar-refractivity contribution >= 4 is 17.7 Å². The predicted octanol–water partition coefficient (Wildman–Crippen LogP) is 3.64. The van der Waals surface area contributed by atoms with Gasteiger partial charge in [-0.3, -0.25) is 14.6 Å². The van der Waals surface area contributed by atoms with Crippen LogP contribution >= 0.6 is 0 Å². The smallest absolute Gasteiger partial charge is 0.316 e. The van der Waals surface area contributed by atoms with E-state index in [0.717, 1.165) is 44.1 Å². The molecule has 0 bridgehead atoms. The number of rotatable bonds is 10. The van der Waals surface area contributed by atoms with E-state index in [1.165, 1.54) is 12.4 Å². The first kappa shape index (κ1) is 23.1. The fourth-order valence-electron chi connectivity index (χ4n) is 5.12. The van der Waals surface area contributed by atoms with Crippen LogP contribution in [0.4, 0.5) is 5.82 Å². The molecule has 2 saturated carbocycles. The average Bonchev–Trinajstić information content (AvgIpc) is 3.34. The third-order valence-corrected chi connectivity index (χ3v) is 7.04. The summed E-state index contributed by atoms with van der Waals surface area (Å²) in [5.41, 5.74) is 0.557. The van der Waals surface area contributed by atoms with Crippen molar-refractivity contribution in [2.75, 3.05) is 18.4 Å². The van der Waals surface area contributed by atoms with Crippen molar-refractivity contribution < 1.29 is 14.3 Å². The Labute approximate surface area is 195 Å². The van der Waals surface area contributed by atoms with Gasteiger partial charge in [-0.15, -0.1) is 6.58 Å². The Morgan fingerprint density at radius 1 is 1.18 bits per heavy atom. The second-order valence-corrected chi connectivity index (χ2v) is 9.00. The van der Waals surface area contributed by atoms with Gasteiger partial charge in [0, 0.05) is 18.3 Å². The number of aromatic nitrogens is 2. The van der Waals surface area contributed by atoms with Crippen molar-refractivity contribution in [1.29, 1.82) is 0 Å². The van der Waals surface area contributed by atoms with E-state index in [1.54, 1.807) is 6.20 Å². The Morgan fingerprint density at radius 3 is 2.67 bits per heavy atom. The van der Waals surface area contributed by atoms with Gasteiger partial charge in [0.25, 0.3) is 0 Å². The lowest BCUT2D eigenvalue weighted by molar-refractivity contribution is -0.168. The molecule has 2 aliphatic rings. The van der Waals surface area contributed by atoms with Gasteiger partial charge >= 0.3 is 5.97 Å². The van der Waals surface area contributed by atoms with Gasteiger partial charge < -0.3 is 15.4 Å². The van der Waals surface area contributed by atoms with E-state index in [1.807, 2.05) is 36.4 Å². The molecule has 0 spiro atoms. The minimum atomic E-state index is -0.512. The highest BCUT2D eigenvalue weighted by Gasteiger charge is 2.48. The van der Waals surface area contributed by atoms with Gasteiger partial charge in [0.1, 0.15) is 6.10 Å². The van der Waals surface area contributed by atoms with Crippen LogP contribution in [0.3, 0.4) is 0 Å². The first-order valence-corrected chi connectivity index (χ1v) is 11.8. The zero-order valence-corrected chi connectivity index (χ0v) is 18.9. The van der Waals surface area contributed by atoms with Crippen LogP contribution < -0.4 is 10.6 Å². The van der Waals surface area contributed by atoms with Crippen LogP contribution in [0.15, 0.2) is 61.6 Å². The summed E-state index contributed by atoms with van der Waals surface area (Å²) in [6, 6.07) is 10.1. The molecule has 0 saturated heterocycles. The Kier molecular flexibility index (Phi) is 7.50. The van der Waals surface area contributed by atoms with Crippen LogP contribution in [0.1, 0.15) is 44.1 Å². The lowest BCUT2D eigenvalue weighted by atomic mass is 9.69. The molecule has 3 atom stereocenters. The summed E-state index contributed by atoms with van der Waals surface area (Å²) < 4.78 is 6.12. The maximum absolute atomic E-state index is 13.4. The van der Waals surface area contributed by atoms with Gasteiger partial charge in [-0.2, -0.15) is 0 Å². The van der Waals surface area contributed by atoms with Gasteiger partial charge in [-0.25, -0.2) is 4.98 Å². The summed E-state index contributed by atoms with van der Waals surface area (Å²) >= 11 is 0. The van der Waals surface area contributed by atoms with Crippen LogP contribution in [-0.2, 0) is 19.7 Å². The molecule has 1 amide bonds. The number of hydrogen-bond donors (Lipinski definition) is 2. The molecule has 1 heterocycles. The molecule has 7 nitrogen and oxygen atoms in total. The largest absolute Gasteiger partial charge is 0.461 e. The monoisotopic (exact) mass is 448 g/mol. The van der Waals surface area contributed by atoms with Crippen LogP contribution in [-0.4, -0.2) is 41.0 Å². The Hall–Kier alpha value is -3.06. The van der Waals surface area contributed by atoms with Gasteiger partial charge in [0.2, 0.25) is 5.91 Å². The molecular weight excluding hydrogens is 416 g/mol. The van der Waals surface area contributed by atoms with Crippen molar-refractivity contribution in [3.63, 3.8) is 0 Å². The SMILES string of the molecule is C=CC1C[C@H](OC(=O)C2(c3ccccc3)CCCC2)C1CCNCC(=O)Nc1cnccn1. The van der Waals surface area contributed by atoms with E-state index in [0.29, 0.717) is 18.3 Å². The quantitative estimate of drug-likeness (QED) is 0.327. The third kappa shape index (κ3) is 5.30. The summed E-state index contributed by atoms with van der Waals surface area (Å²) in [4.78, 5) is 33.4. The predicted molar refractivity (Wildman–Crippen MR) is 126 cm³/mol. The lowest BCUT2D eigenvalue weighted by Crippen LogP contribution is -2.48. The number of amides is 1. The first-order chi connectivity index (χ1) is 16.1. The summed E-state index contributed by atoms with van der Waals surface area (Å²) in [6.07, 6.45) is 11.9. The molecule has 2 N–H and O–H groups in total. The molecule has 7 heteroatoms. The zero-order valence-electron chi connectivity index (χ0n) is 18.9. The molecule has 174 valence electrons. The topological polar surface area (TPSA) is 93.2 Å². The van der Waals surface area contributed by atoms with Gasteiger partial charge in [-0.1, -0.05) is 49.2 Å². The zero-order chi connectivity index (χ0) is 23.1. The number of hydrogen-bond acceptors (Lipinski definition) is 6. The maximum atomic E-state index is 13.4. The van der Waals surface area contributed by atoms with Crippen molar-refractivity contribution in [2.45, 2.75) is 50.0 Å². The highest BCUT2D eigenvalue weighted by atomic mass is 16.5. The fraction of sp³-hybridized carbons (Fsp3) is 0.462. The summed E-state index contributed by atoms with van der Waals surface area (Å²) in [6.45, 7) is 4.79. The van der Waals surface area contributed by atoms with Crippen molar-refractivity contribution in [3.05, 3.63) is 67.1 Å². The number of ether oxygens (including phenoxy) is 1. The van der Waals surface area contributed by atoms with E-state index in [-0.39, 0.29) is 30.4 Å². The molecular formula is C26H32N4O3. The molecule has 2 aromatic rings. The van der Waals surface area contributed by atoms with Crippen LogP contribution in [0, 0.1) is 11.8 Å². The maximum Gasteiger partial charge on any atom is 0.316 e. The molecule has 1 aromatic heterocycles. The van der Waals surface area contributed by atoms with Crippen LogP contribution in [0.25, 0.3) is 0 Å². The number of allylic oxidation sites excluding steroid dienone is 1. The normalized spacial score (nSPS) is 23.3. The first-order valence-electron chi connectivity index (χ1n) is 11.8. The van der Waals surface area contributed by atoms with Crippen molar-refractivity contribution in [3.8, 4) is 0 Å². The number of anilines is 1. The number of nitrogens with zero attached hydrogens (tertiary/aromatic N) is 2. The van der Waals surface area contributed by atoms with Crippen molar-refractivity contribution in [2.24, 2.45) is 11.8 Å². The molecule has 2 aliphatic carbocycles. The summed E-state index contributed by atoms with van der Waals surface area (Å²) in [7, 11) is 0. The average molecular weight is 449 g/mol. The summed E-state index contributed by atoms with van der Waals surface area (Å²) in [5, 5.41) is 5.88. The fourth-order valence-corrected chi connectivity index (χ4v) is 5.12. The lowest BCUT2D eigenvalue weighted by Gasteiger charge is -2.44.